The van der Waals surface area contributed by atoms with Crippen LogP contribution in [0.25, 0.3) is 0 Å². The molecule has 1 aromatic carbocycles. The molecule has 0 unspecified atom stereocenters. The molecule has 0 fully saturated rings. The fourth-order valence-electron chi connectivity index (χ4n) is 2.13. The van der Waals surface area contributed by atoms with Gasteiger partial charge in [0.2, 0.25) is 5.91 Å². The molecule has 0 aliphatic heterocycles. The number of aromatic carboxylic acids is 1. The number of hydrogen-bond acceptors (Lipinski definition) is 4. The molecule has 2 aromatic rings. The minimum absolute atomic E-state index is 0.0736. The number of carbonyl (C=O) groups is 2. The second-order valence-electron chi connectivity index (χ2n) is 5.29. The summed E-state index contributed by atoms with van der Waals surface area (Å²) in [6, 6.07) is 7.56. The average molecular weight is 351 g/mol. The fraction of sp³-hybridized carbons (Fsp3) is 0.294. The van der Waals surface area contributed by atoms with E-state index in [0.29, 0.717) is 23.7 Å². The highest BCUT2D eigenvalue weighted by molar-refractivity contribution is 7.99. The highest BCUT2D eigenvalue weighted by Crippen LogP contribution is 2.20. The number of amides is 1. The van der Waals surface area contributed by atoms with Crippen LogP contribution in [0.5, 0.6) is 0 Å². The Morgan fingerprint density at radius 2 is 1.96 bits per heavy atom. The predicted octanol–water partition coefficient (Wildman–Crippen LogP) is 3.57. The summed E-state index contributed by atoms with van der Waals surface area (Å²) in [5.41, 5.74) is 0.109. The van der Waals surface area contributed by atoms with E-state index >= 15 is 0 Å². The first-order chi connectivity index (χ1) is 11.4. The van der Waals surface area contributed by atoms with E-state index < -0.39 is 5.97 Å². The number of furan rings is 1. The van der Waals surface area contributed by atoms with Crippen LogP contribution in [-0.2, 0) is 11.3 Å². The molecule has 0 atom stereocenters. The van der Waals surface area contributed by atoms with Crippen LogP contribution in [0.3, 0.4) is 0 Å². The standard InChI is InChI=1S/C17H18FNO4S/c1-11-15(17(21)22)9-13(23-11)10-19(2)16(20)7-8-24-14-5-3-12(18)4-6-14/h3-6,9H,7-8,10H2,1-2H3,(H,21,22). The summed E-state index contributed by atoms with van der Waals surface area (Å²) < 4.78 is 18.2. The fourth-order valence-corrected chi connectivity index (χ4v) is 2.97. The quantitative estimate of drug-likeness (QED) is 0.772. The molecule has 1 amide bonds. The summed E-state index contributed by atoms with van der Waals surface area (Å²) in [7, 11) is 1.64. The van der Waals surface area contributed by atoms with Crippen molar-refractivity contribution in [2.75, 3.05) is 12.8 Å². The van der Waals surface area contributed by atoms with E-state index in [0.717, 1.165) is 4.90 Å². The van der Waals surface area contributed by atoms with Gasteiger partial charge in [0, 0.05) is 24.1 Å². The van der Waals surface area contributed by atoms with Gasteiger partial charge in [0.05, 0.1) is 6.54 Å². The summed E-state index contributed by atoms with van der Waals surface area (Å²) in [6.45, 7) is 1.79. The van der Waals surface area contributed by atoms with Crippen molar-refractivity contribution in [3.63, 3.8) is 0 Å². The maximum atomic E-state index is 12.8. The molecule has 2 rings (SSSR count). The molecular weight excluding hydrogens is 333 g/mol. The summed E-state index contributed by atoms with van der Waals surface area (Å²) in [6.07, 6.45) is 0.323. The first kappa shape index (κ1) is 18.1. The molecule has 1 aromatic heterocycles. The average Bonchev–Trinajstić information content (AvgIpc) is 2.89. The number of hydrogen-bond donors (Lipinski definition) is 1. The van der Waals surface area contributed by atoms with Gasteiger partial charge < -0.3 is 14.4 Å². The largest absolute Gasteiger partial charge is 0.478 e. The zero-order valence-electron chi connectivity index (χ0n) is 13.4. The molecule has 0 bridgehead atoms. The normalized spacial score (nSPS) is 10.6. The molecule has 0 saturated carbocycles. The van der Waals surface area contributed by atoms with Gasteiger partial charge >= 0.3 is 5.97 Å². The monoisotopic (exact) mass is 351 g/mol. The third kappa shape index (κ3) is 4.86. The molecular formula is C17H18FNO4S. The van der Waals surface area contributed by atoms with E-state index in [1.165, 1.54) is 34.9 Å². The second kappa shape index (κ2) is 8.01. The molecule has 7 heteroatoms. The van der Waals surface area contributed by atoms with Crippen molar-refractivity contribution in [1.29, 1.82) is 0 Å². The van der Waals surface area contributed by atoms with Gasteiger partial charge in [-0.05, 0) is 37.3 Å². The van der Waals surface area contributed by atoms with Crippen LogP contribution in [0.4, 0.5) is 4.39 Å². The van der Waals surface area contributed by atoms with Gasteiger partial charge in [0.25, 0.3) is 0 Å². The number of halogens is 1. The van der Waals surface area contributed by atoms with Gasteiger partial charge in [-0.2, -0.15) is 0 Å². The highest BCUT2D eigenvalue weighted by Gasteiger charge is 2.16. The van der Waals surface area contributed by atoms with Crippen LogP contribution >= 0.6 is 11.8 Å². The molecule has 0 spiro atoms. The lowest BCUT2D eigenvalue weighted by atomic mass is 10.2. The topological polar surface area (TPSA) is 70.8 Å². The highest BCUT2D eigenvalue weighted by atomic mass is 32.2. The maximum Gasteiger partial charge on any atom is 0.339 e. The number of carboxylic acids is 1. The molecule has 0 aliphatic carbocycles. The number of rotatable bonds is 7. The number of nitrogens with zero attached hydrogens (tertiary/aromatic N) is 1. The molecule has 0 radical (unpaired) electrons. The molecule has 1 heterocycles. The van der Waals surface area contributed by atoms with Gasteiger partial charge in [0.1, 0.15) is 22.9 Å². The van der Waals surface area contributed by atoms with Crippen LogP contribution in [0.1, 0.15) is 28.3 Å². The number of benzene rings is 1. The van der Waals surface area contributed by atoms with E-state index in [2.05, 4.69) is 0 Å². The minimum Gasteiger partial charge on any atom is -0.478 e. The summed E-state index contributed by atoms with van der Waals surface area (Å²) in [5.74, 6) is -0.0729. The second-order valence-corrected chi connectivity index (χ2v) is 6.46. The van der Waals surface area contributed by atoms with Crippen molar-refractivity contribution in [2.24, 2.45) is 0 Å². The van der Waals surface area contributed by atoms with Gasteiger partial charge in [-0.3, -0.25) is 4.79 Å². The Hall–Kier alpha value is -2.28. The first-order valence-electron chi connectivity index (χ1n) is 7.31. The SMILES string of the molecule is Cc1oc(CN(C)C(=O)CCSc2ccc(F)cc2)cc1C(=O)O. The molecule has 24 heavy (non-hydrogen) atoms. The molecule has 128 valence electrons. The van der Waals surface area contributed by atoms with Crippen LogP contribution in [-0.4, -0.2) is 34.7 Å². The summed E-state index contributed by atoms with van der Waals surface area (Å²) in [4.78, 5) is 25.5. The van der Waals surface area contributed by atoms with Gasteiger partial charge in [-0.1, -0.05) is 0 Å². The third-order valence-corrected chi connectivity index (χ3v) is 4.43. The Bertz CT molecular complexity index is 727. The molecule has 0 saturated heterocycles. The zero-order valence-corrected chi connectivity index (χ0v) is 14.2. The first-order valence-corrected chi connectivity index (χ1v) is 8.30. The Morgan fingerprint density at radius 1 is 1.29 bits per heavy atom. The number of carboxylic acid groups (broad SMARTS) is 1. The van der Waals surface area contributed by atoms with Crippen molar-refractivity contribution in [3.05, 3.63) is 53.2 Å². The van der Waals surface area contributed by atoms with Crippen LogP contribution < -0.4 is 0 Å². The van der Waals surface area contributed by atoms with E-state index in [1.807, 2.05) is 0 Å². The lowest BCUT2D eigenvalue weighted by Crippen LogP contribution is -2.26. The predicted molar refractivity (Wildman–Crippen MR) is 88.6 cm³/mol. The van der Waals surface area contributed by atoms with E-state index in [-0.39, 0.29) is 23.8 Å². The van der Waals surface area contributed by atoms with Crippen molar-refractivity contribution >= 4 is 23.6 Å². The van der Waals surface area contributed by atoms with Crippen molar-refractivity contribution in [3.8, 4) is 0 Å². The van der Waals surface area contributed by atoms with E-state index in [1.54, 1.807) is 26.1 Å². The maximum absolute atomic E-state index is 12.8. The molecule has 5 nitrogen and oxygen atoms in total. The van der Waals surface area contributed by atoms with Crippen LogP contribution in [0.15, 0.2) is 39.6 Å². The lowest BCUT2D eigenvalue weighted by Gasteiger charge is -2.15. The van der Waals surface area contributed by atoms with E-state index in [4.69, 9.17) is 9.52 Å². The molecule has 1 N–H and O–H groups in total. The number of aryl methyl sites for hydroxylation is 1. The third-order valence-electron chi connectivity index (χ3n) is 3.42. The number of thioether (sulfide) groups is 1. The van der Waals surface area contributed by atoms with Crippen LogP contribution in [0, 0.1) is 12.7 Å². The van der Waals surface area contributed by atoms with Crippen molar-refractivity contribution < 1.29 is 23.5 Å². The Labute approximate surface area is 143 Å². The Morgan fingerprint density at radius 3 is 2.54 bits per heavy atom. The van der Waals surface area contributed by atoms with Gasteiger partial charge in [-0.15, -0.1) is 11.8 Å². The van der Waals surface area contributed by atoms with Crippen molar-refractivity contribution in [2.45, 2.75) is 24.8 Å². The summed E-state index contributed by atoms with van der Waals surface area (Å²) >= 11 is 1.48. The van der Waals surface area contributed by atoms with E-state index in [9.17, 15) is 14.0 Å². The van der Waals surface area contributed by atoms with Gasteiger partial charge in [0.15, 0.2) is 0 Å². The van der Waals surface area contributed by atoms with Crippen LogP contribution in [0.2, 0.25) is 0 Å². The Kier molecular flexibility index (Phi) is 6.03. The van der Waals surface area contributed by atoms with Gasteiger partial charge in [-0.25, -0.2) is 9.18 Å². The molecule has 0 aliphatic rings. The number of carbonyl (C=O) groups excluding carboxylic acids is 1. The lowest BCUT2D eigenvalue weighted by molar-refractivity contribution is -0.130. The Balaban J connectivity index is 1.82. The summed E-state index contributed by atoms with van der Waals surface area (Å²) in [5, 5.41) is 9.00. The smallest absolute Gasteiger partial charge is 0.339 e. The zero-order chi connectivity index (χ0) is 17.7. The van der Waals surface area contributed by atoms with Crippen molar-refractivity contribution in [1.82, 2.24) is 4.90 Å². The minimum atomic E-state index is -1.05.